The largest absolute Gasteiger partial charge is 0.369 e. The molecule has 0 bridgehead atoms. The number of rotatable bonds is 2. The molecule has 2 heterocycles. The molecule has 0 saturated carbocycles. The van der Waals surface area contributed by atoms with Gasteiger partial charge in [0.15, 0.2) is 5.96 Å². The van der Waals surface area contributed by atoms with E-state index in [9.17, 15) is 0 Å². The van der Waals surface area contributed by atoms with E-state index >= 15 is 0 Å². The molecule has 1 aromatic carbocycles. The van der Waals surface area contributed by atoms with Crippen molar-refractivity contribution in [3.63, 3.8) is 0 Å². The minimum Gasteiger partial charge on any atom is -0.369 e. The summed E-state index contributed by atoms with van der Waals surface area (Å²) in [5, 5.41) is 0. The second-order valence-electron chi connectivity index (χ2n) is 6.12. The third-order valence-corrected chi connectivity index (χ3v) is 4.70. The molecule has 0 unspecified atom stereocenters. The highest BCUT2D eigenvalue weighted by Gasteiger charge is 2.26. The maximum Gasteiger partial charge on any atom is 0.196 e. The number of aliphatic imine (C=N–C) groups is 1. The summed E-state index contributed by atoms with van der Waals surface area (Å²) in [6.07, 6.45) is 6.58. The number of likely N-dealkylation sites (tertiary alicyclic amines) is 2. The van der Waals surface area contributed by atoms with Crippen LogP contribution in [-0.2, 0) is 0 Å². The molecule has 2 fully saturated rings. The predicted octanol–water partition coefficient (Wildman–Crippen LogP) is 2.58. The Morgan fingerprint density at radius 2 is 1.62 bits per heavy atom. The molecule has 4 heteroatoms. The van der Waals surface area contributed by atoms with Crippen molar-refractivity contribution in [1.29, 1.82) is 0 Å². The standard InChI is InChI=1S/C17H26N4/c18-17(19-15-7-3-1-4-8-15)21-13-9-16(10-14-21)20-11-5-2-6-12-20/h1,3-4,7-8,16H,2,5-6,9-14H2,(H2,18,19). The molecule has 0 spiro atoms. The normalized spacial score (nSPS) is 22.5. The highest BCUT2D eigenvalue weighted by Crippen LogP contribution is 2.21. The van der Waals surface area contributed by atoms with Crippen LogP contribution >= 0.6 is 0 Å². The van der Waals surface area contributed by atoms with Gasteiger partial charge in [-0.2, -0.15) is 0 Å². The van der Waals surface area contributed by atoms with Gasteiger partial charge in [0.05, 0.1) is 5.69 Å². The van der Waals surface area contributed by atoms with Crippen LogP contribution in [0.1, 0.15) is 32.1 Å². The van der Waals surface area contributed by atoms with Crippen molar-refractivity contribution in [2.45, 2.75) is 38.1 Å². The van der Waals surface area contributed by atoms with Gasteiger partial charge in [0.1, 0.15) is 0 Å². The van der Waals surface area contributed by atoms with Crippen molar-refractivity contribution in [3.8, 4) is 0 Å². The van der Waals surface area contributed by atoms with E-state index in [0.29, 0.717) is 5.96 Å². The monoisotopic (exact) mass is 286 g/mol. The average Bonchev–Trinajstić information content (AvgIpc) is 2.57. The van der Waals surface area contributed by atoms with Crippen LogP contribution in [0.5, 0.6) is 0 Å². The lowest BCUT2D eigenvalue weighted by Gasteiger charge is -2.40. The molecule has 0 aromatic heterocycles. The molecular formula is C17H26N4. The lowest BCUT2D eigenvalue weighted by Crippen LogP contribution is -2.49. The van der Waals surface area contributed by atoms with Crippen LogP contribution in [0.25, 0.3) is 0 Å². The molecule has 21 heavy (non-hydrogen) atoms. The van der Waals surface area contributed by atoms with Gasteiger partial charge in [-0.15, -0.1) is 0 Å². The van der Waals surface area contributed by atoms with Crippen molar-refractivity contribution < 1.29 is 0 Å². The summed E-state index contributed by atoms with van der Waals surface area (Å²) < 4.78 is 0. The first-order valence-corrected chi connectivity index (χ1v) is 8.21. The van der Waals surface area contributed by atoms with Crippen LogP contribution in [0.15, 0.2) is 35.3 Å². The summed E-state index contributed by atoms with van der Waals surface area (Å²) in [6, 6.07) is 10.7. The van der Waals surface area contributed by atoms with Gasteiger partial charge < -0.3 is 15.5 Å². The lowest BCUT2D eigenvalue weighted by atomic mass is 10.00. The Labute approximate surface area is 127 Å². The van der Waals surface area contributed by atoms with E-state index in [1.807, 2.05) is 30.3 Å². The summed E-state index contributed by atoms with van der Waals surface area (Å²) in [6.45, 7) is 4.64. The minimum absolute atomic E-state index is 0.665. The molecule has 0 radical (unpaired) electrons. The van der Waals surface area contributed by atoms with Gasteiger partial charge in [-0.05, 0) is 50.9 Å². The third kappa shape index (κ3) is 3.76. The van der Waals surface area contributed by atoms with Gasteiger partial charge in [0.25, 0.3) is 0 Å². The first kappa shape index (κ1) is 14.4. The summed E-state index contributed by atoms with van der Waals surface area (Å²) in [7, 11) is 0. The fraction of sp³-hybridized carbons (Fsp3) is 0.588. The highest BCUT2D eigenvalue weighted by molar-refractivity contribution is 5.81. The Morgan fingerprint density at radius 3 is 2.29 bits per heavy atom. The number of hydrogen-bond donors (Lipinski definition) is 1. The van der Waals surface area contributed by atoms with Crippen molar-refractivity contribution in [2.24, 2.45) is 10.7 Å². The Balaban J connectivity index is 1.54. The number of piperidine rings is 2. The molecule has 2 aliphatic rings. The Bertz CT molecular complexity index is 457. The number of para-hydroxylation sites is 1. The summed E-state index contributed by atoms with van der Waals surface area (Å²) in [5.74, 6) is 0.665. The number of hydrogen-bond acceptors (Lipinski definition) is 2. The lowest BCUT2D eigenvalue weighted by molar-refractivity contribution is 0.114. The van der Waals surface area contributed by atoms with Crippen LogP contribution < -0.4 is 5.73 Å². The summed E-state index contributed by atoms with van der Waals surface area (Å²) in [5.41, 5.74) is 7.10. The number of guanidine groups is 1. The van der Waals surface area contributed by atoms with Crippen molar-refractivity contribution in [2.75, 3.05) is 26.2 Å². The Morgan fingerprint density at radius 1 is 0.952 bits per heavy atom. The topological polar surface area (TPSA) is 44.9 Å². The van der Waals surface area contributed by atoms with E-state index in [1.165, 1.54) is 45.2 Å². The second kappa shape index (κ2) is 6.94. The number of benzene rings is 1. The van der Waals surface area contributed by atoms with Crippen LogP contribution in [0, 0.1) is 0 Å². The predicted molar refractivity (Wildman–Crippen MR) is 87.7 cm³/mol. The zero-order chi connectivity index (χ0) is 14.5. The fourth-order valence-electron chi connectivity index (χ4n) is 3.45. The van der Waals surface area contributed by atoms with Crippen LogP contribution in [-0.4, -0.2) is 48.0 Å². The molecule has 0 amide bonds. The Kier molecular flexibility index (Phi) is 4.76. The molecule has 0 aliphatic carbocycles. The summed E-state index contributed by atoms with van der Waals surface area (Å²) >= 11 is 0. The molecular weight excluding hydrogens is 260 g/mol. The van der Waals surface area contributed by atoms with Gasteiger partial charge in [-0.25, -0.2) is 4.99 Å². The molecule has 3 rings (SSSR count). The molecule has 1 aromatic rings. The van der Waals surface area contributed by atoms with Gasteiger partial charge >= 0.3 is 0 Å². The van der Waals surface area contributed by atoms with Gasteiger partial charge in [0, 0.05) is 19.1 Å². The van der Waals surface area contributed by atoms with E-state index in [0.717, 1.165) is 24.8 Å². The second-order valence-corrected chi connectivity index (χ2v) is 6.12. The number of nitrogens with zero attached hydrogens (tertiary/aromatic N) is 3. The first-order valence-electron chi connectivity index (χ1n) is 8.21. The zero-order valence-corrected chi connectivity index (χ0v) is 12.7. The van der Waals surface area contributed by atoms with E-state index < -0.39 is 0 Å². The van der Waals surface area contributed by atoms with E-state index in [4.69, 9.17) is 5.73 Å². The highest BCUT2D eigenvalue weighted by atomic mass is 15.3. The maximum atomic E-state index is 6.17. The van der Waals surface area contributed by atoms with E-state index in [1.54, 1.807) is 0 Å². The molecule has 4 nitrogen and oxygen atoms in total. The molecule has 0 atom stereocenters. The number of nitrogens with two attached hydrogens (primary N) is 1. The zero-order valence-electron chi connectivity index (χ0n) is 12.7. The minimum atomic E-state index is 0.665. The smallest absolute Gasteiger partial charge is 0.196 e. The van der Waals surface area contributed by atoms with Gasteiger partial charge in [-0.1, -0.05) is 24.6 Å². The molecule has 2 N–H and O–H groups in total. The summed E-state index contributed by atoms with van der Waals surface area (Å²) in [4.78, 5) is 9.44. The van der Waals surface area contributed by atoms with E-state index in [-0.39, 0.29) is 0 Å². The molecule has 114 valence electrons. The average molecular weight is 286 g/mol. The maximum absolute atomic E-state index is 6.17. The first-order chi connectivity index (χ1) is 10.3. The van der Waals surface area contributed by atoms with Gasteiger partial charge in [0.2, 0.25) is 0 Å². The molecule has 2 saturated heterocycles. The quantitative estimate of drug-likeness (QED) is 0.671. The van der Waals surface area contributed by atoms with Crippen molar-refractivity contribution in [3.05, 3.63) is 30.3 Å². The van der Waals surface area contributed by atoms with Gasteiger partial charge in [-0.3, -0.25) is 0 Å². The van der Waals surface area contributed by atoms with E-state index in [2.05, 4.69) is 14.8 Å². The van der Waals surface area contributed by atoms with Crippen molar-refractivity contribution in [1.82, 2.24) is 9.80 Å². The van der Waals surface area contributed by atoms with Crippen LogP contribution in [0.2, 0.25) is 0 Å². The van der Waals surface area contributed by atoms with Crippen molar-refractivity contribution >= 4 is 11.6 Å². The Hall–Kier alpha value is -1.55. The SMILES string of the molecule is NC(=Nc1ccccc1)N1CCC(N2CCCCC2)CC1. The third-order valence-electron chi connectivity index (χ3n) is 4.70. The van der Waals surface area contributed by atoms with Crippen LogP contribution in [0.4, 0.5) is 5.69 Å². The van der Waals surface area contributed by atoms with Crippen LogP contribution in [0.3, 0.4) is 0 Å². The fourth-order valence-corrected chi connectivity index (χ4v) is 3.45. The molecule has 2 aliphatic heterocycles.